The number of carbonyl (C=O) groups excluding carboxylic acids is 2. The molecule has 0 radical (unpaired) electrons. The first-order valence-electron chi connectivity index (χ1n) is 9.53. The maximum Gasteiger partial charge on any atom is 0.241 e. The number of benzene rings is 2. The molecule has 1 saturated heterocycles. The average Bonchev–Trinajstić information content (AvgIpc) is 3.18. The van der Waals surface area contributed by atoms with Gasteiger partial charge < -0.3 is 10.6 Å². The van der Waals surface area contributed by atoms with Crippen LogP contribution in [0.4, 0.5) is 0 Å². The predicted molar refractivity (Wildman–Crippen MR) is 110 cm³/mol. The summed E-state index contributed by atoms with van der Waals surface area (Å²) < 4.78 is 28.1. The van der Waals surface area contributed by atoms with Crippen LogP contribution in [0.25, 0.3) is 0 Å². The van der Waals surface area contributed by atoms with Crippen LogP contribution in [0.15, 0.2) is 60.7 Å². The number of likely N-dealkylation sites (tertiary alicyclic amines) is 1. The molecule has 7 nitrogen and oxygen atoms in total. The molecule has 0 aliphatic carbocycles. The fourth-order valence-corrected chi connectivity index (χ4v) is 4.94. The molecule has 29 heavy (non-hydrogen) atoms. The molecule has 154 valence electrons. The van der Waals surface area contributed by atoms with Gasteiger partial charge in [-0.1, -0.05) is 60.7 Å². The SMILES string of the molecule is NC(=O)C1CCCN1C(=O)[C@@H](Cc1ccccc1)NS(=O)(=O)Cc1ccccc1. The Balaban J connectivity index is 1.82. The number of sulfonamides is 1. The number of nitrogens with one attached hydrogen (secondary N) is 1. The molecule has 1 aliphatic heterocycles. The van der Waals surface area contributed by atoms with Gasteiger partial charge in [0.15, 0.2) is 0 Å². The number of amides is 2. The van der Waals surface area contributed by atoms with Gasteiger partial charge in [-0.05, 0) is 30.4 Å². The lowest BCUT2D eigenvalue weighted by Crippen LogP contribution is -2.53. The minimum absolute atomic E-state index is 0.190. The molecule has 1 fully saturated rings. The lowest BCUT2D eigenvalue weighted by molar-refractivity contribution is -0.138. The number of nitrogens with two attached hydrogens (primary N) is 1. The van der Waals surface area contributed by atoms with E-state index in [0.717, 1.165) is 5.56 Å². The largest absolute Gasteiger partial charge is 0.368 e. The van der Waals surface area contributed by atoms with E-state index in [0.29, 0.717) is 24.9 Å². The molecule has 3 N–H and O–H groups in total. The van der Waals surface area contributed by atoms with Gasteiger partial charge in [0, 0.05) is 6.54 Å². The first kappa shape index (κ1) is 21.0. The molecule has 1 aliphatic rings. The number of hydrogen-bond acceptors (Lipinski definition) is 4. The topological polar surface area (TPSA) is 110 Å². The van der Waals surface area contributed by atoms with Gasteiger partial charge in [0.2, 0.25) is 21.8 Å². The van der Waals surface area contributed by atoms with E-state index in [-0.39, 0.29) is 12.2 Å². The average molecular weight is 416 g/mol. The van der Waals surface area contributed by atoms with Crippen LogP contribution in [0.2, 0.25) is 0 Å². The molecule has 0 aromatic heterocycles. The summed E-state index contributed by atoms with van der Waals surface area (Å²) in [6.45, 7) is 0.387. The van der Waals surface area contributed by atoms with Crippen LogP contribution in [0.1, 0.15) is 24.0 Å². The smallest absolute Gasteiger partial charge is 0.241 e. The fourth-order valence-electron chi connectivity index (χ4n) is 3.61. The molecule has 2 atom stereocenters. The van der Waals surface area contributed by atoms with Crippen LogP contribution >= 0.6 is 0 Å². The Hall–Kier alpha value is -2.71. The zero-order valence-corrected chi connectivity index (χ0v) is 16.8. The fraction of sp³-hybridized carbons (Fsp3) is 0.333. The van der Waals surface area contributed by atoms with Gasteiger partial charge in [-0.2, -0.15) is 0 Å². The molecule has 1 unspecified atom stereocenters. The Morgan fingerprint density at radius 2 is 1.62 bits per heavy atom. The molecule has 8 heteroatoms. The Bertz CT molecular complexity index is 948. The highest BCUT2D eigenvalue weighted by molar-refractivity contribution is 7.88. The van der Waals surface area contributed by atoms with E-state index in [1.54, 1.807) is 24.3 Å². The second kappa shape index (κ2) is 9.19. The molecular formula is C21H25N3O4S. The van der Waals surface area contributed by atoms with Crippen molar-refractivity contribution in [2.75, 3.05) is 6.54 Å². The zero-order valence-electron chi connectivity index (χ0n) is 16.0. The second-order valence-electron chi connectivity index (χ2n) is 7.20. The van der Waals surface area contributed by atoms with E-state index < -0.39 is 33.9 Å². The van der Waals surface area contributed by atoms with Crippen molar-refractivity contribution in [3.8, 4) is 0 Å². The highest BCUT2D eigenvalue weighted by atomic mass is 32.2. The van der Waals surface area contributed by atoms with Crippen LogP contribution in [0.3, 0.4) is 0 Å². The van der Waals surface area contributed by atoms with E-state index >= 15 is 0 Å². The Morgan fingerprint density at radius 1 is 1.03 bits per heavy atom. The van der Waals surface area contributed by atoms with E-state index in [1.807, 2.05) is 36.4 Å². The molecule has 0 spiro atoms. The first-order valence-corrected chi connectivity index (χ1v) is 11.2. The van der Waals surface area contributed by atoms with Crippen molar-refractivity contribution in [1.82, 2.24) is 9.62 Å². The minimum Gasteiger partial charge on any atom is -0.368 e. The van der Waals surface area contributed by atoms with Crippen molar-refractivity contribution in [2.45, 2.75) is 37.1 Å². The summed E-state index contributed by atoms with van der Waals surface area (Å²) in [5.41, 5.74) is 6.89. The number of primary amides is 1. The highest BCUT2D eigenvalue weighted by Crippen LogP contribution is 2.20. The highest BCUT2D eigenvalue weighted by Gasteiger charge is 2.37. The number of hydrogen-bond donors (Lipinski definition) is 2. The number of rotatable bonds is 8. The minimum atomic E-state index is -3.78. The summed E-state index contributed by atoms with van der Waals surface area (Å²) in [5, 5.41) is 0. The predicted octanol–water partition coefficient (Wildman–Crippen LogP) is 1.19. The van der Waals surface area contributed by atoms with E-state index in [2.05, 4.69) is 4.72 Å². The normalized spacial score (nSPS) is 17.8. The van der Waals surface area contributed by atoms with Crippen LogP contribution in [-0.2, 0) is 31.8 Å². The lowest BCUT2D eigenvalue weighted by atomic mass is 10.1. The van der Waals surface area contributed by atoms with Gasteiger partial charge >= 0.3 is 0 Å². The maximum absolute atomic E-state index is 13.2. The van der Waals surface area contributed by atoms with Crippen LogP contribution in [0, 0.1) is 0 Å². The second-order valence-corrected chi connectivity index (χ2v) is 8.95. The molecule has 2 aromatic rings. The Labute approximate surface area is 171 Å². The molecule has 1 heterocycles. The van der Waals surface area contributed by atoms with Gasteiger partial charge in [0.1, 0.15) is 12.1 Å². The molecule has 0 saturated carbocycles. The molecule has 3 rings (SSSR count). The van der Waals surface area contributed by atoms with Gasteiger partial charge in [-0.15, -0.1) is 0 Å². The molecular weight excluding hydrogens is 390 g/mol. The standard InChI is InChI=1S/C21H25N3O4S/c22-20(25)19-12-7-13-24(19)21(26)18(14-16-8-3-1-4-9-16)23-29(27,28)15-17-10-5-2-6-11-17/h1-6,8-11,18-19,23H,7,12-15H2,(H2,22,25)/t18-,19?/m1/s1. The molecule has 2 amide bonds. The molecule has 2 aromatic carbocycles. The van der Waals surface area contributed by atoms with E-state index in [4.69, 9.17) is 5.73 Å². The van der Waals surface area contributed by atoms with Crippen molar-refractivity contribution in [2.24, 2.45) is 5.73 Å². The van der Waals surface area contributed by atoms with Crippen molar-refractivity contribution in [3.63, 3.8) is 0 Å². The number of carbonyl (C=O) groups is 2. The monoisotopic (exact) mass is 415 g/mol. The third kappa shape index (κ3) is 5.65. The molecule has 0 bridgehead atoms. The zero-order chi connectivity index (χ0) is 20.9. The van der Waals surface area contributed by atoms with Crippen LogP contribution in [-0.4, -0.2) is 43.8 Å². The summed E-state index contributed by atoms with van der Waals surface area (Å²) in [6.07, 6.45) is 1.35. The quantitative estimate of drug-likeness (QED) is 0.675. The van der Waals surface area contributed by atoms with Gasteiger partial charge in [0.25, 0.3) is 0 Å². The number of nitrogens with zero attached hydrogens (tertiary/aromatic N) is 1. The Kier molecular flexibility index (Phi) is 6.66. The first-order chi connectivity index (χ1) is 13.9. The Morgan fingerprint density at radius 3 is 2.21 bits per heavy atom. The summed E-state index contributed by atoms with van der Waals surface area (Å²) in [7, 11) is -3.78. The lowest BCUT2D eigenvalue weighted by Gasteiger charge is -2.28. The summed E-state index contributed by atoms with van der Waals surface area (Å²) in [4.78, 5) is 26.3. The van der Waals surface area contributed by atoms with Crippen molar-refractivity contribution in [3.05, 3.63) is 71.8 Å². The van der Waals surface area contributed by atoms with Crippen LogP contribution < -0.4 is 10.5 Å². The summed E-state index contributed by atoms with van der Waals surface area (Å²) >= 11 is 0. The van der Waals surface area contributed by atoms with E-state index in [9.17, 15) is 18.0 Å². The summed E-state index contributed by atoms with van der Waals surface area (Å²) in [6, 6.07) is 16.3. The van der Waals surface area contributed by atoms with E-state index in [1.165, 1.54) is 4.90 Å². The van der Waals surface area contributed by atoms with Crippen LogP contribution in [0.5, 0.6) is 0 Å². The van der Waals surface area contributed by atoms with Gasteiger partial charge in [-0.25, -0.2) is 13.1 Å². The van der Waals surface area contributed by atoms with Crippen molar-refractivity contribution < 1.29 is 18.0 Å². The summed E-state index contributed by atoms with van der Waals surface area (Å²) in [5.74, 6) is -1.22. The third-order valence-electron chi connectivity index (χ3n) is 4.97. The van der Waals surface area contributed by atoms with Crippen molar-refractivity contribution >= 4 is 21.8 Å². The van der Waals surface area contributed by atoms with Crippen molar-refractivity contribution in [1.29, 1.82) is 0 Å². The van der Waals surface area contributed by atoms with Gasteiger partial charge in [-0.3, -0.25) is 9.59 Å². The van der Waals surface area contributed by atoms with Gasteiger partial charge in [0.05, 0.1) is 5.75 Å². The third-order valence-corrected chi connectivity index (χ3v) is 6.32. The maximum atomic E-state index is 13.2.